The van der Waals surface area contributed by atoms with Gasteiger partial charge in [0.05, 0.1) is 0 Å². The lowest BCUT2D eigenvalue weighted by molar-refractivity contribution is 0.475. The van der Waals surface area contributed by atoms with E-state index in [-0.39, 0.29) is 0 Å². The molecule has 0 unspecified atom stereocenters. The van der Waals surface area contributed by atoms with Gasteiger partial charge in [-0.25, -0.2) is 0 Å². The first-order chi connectivity index (χ1) is 13.5. The predicted octanol–water partition coefficient (Wildman–Crippen LogP) is 7.57. The molecule has 0 spiro atoms. The molecule has 3 aromatic carbocycles. The van der Waals surface area contributed by atoms with Crippen LogP contribution in [0.4, 0.5) is 0 Å². The molecule has 0 aliphatic rings. The topological polar surface area (TPSA) is 20.2 Å². The summed E-state index contributed by atoms with van der Waals surface area (Å²) in [6, 6.07) is 23.6. The van der Waals surface area contributed by atoms with Crippen molar-refractivity contribution in [3.8, 4) is 5.75 Å². The molecule has 0 aliphatic heterocycles. The lowest BCUT2D eigenvalue weighted by atomic mass is 10.1. The average molecular weight is 371 g/mol. The van der Waals surface area contributed by atoms with E-state index in [4.69, 9.17) is 5.11 Å². The first kappa shape index (κ1) is 22.7. The lowest BCUT2D eigenvalue weighted by Gasteiger charge is -1.96. The van der Waals surface area contributed by atoms with Crippen LogP contribution >= 0.6 is 0 Å². The maximum absolute atomic E-state index is 8.76. The summed E-state index contributed by atoms with van der Waals surface area (Å²) >= 11 is 0. The zero-order chi connectivity index (χ0) is 20.8. The first-order valence-electron chi connectivity index (χ1n) is 9.35. The zero-order valence-corrected chi connectivity index (χ0v) is 16.9. The molecule has 3 rings (SSSR count). The highest BCUT2D eigenvalue weighted by atomic mass is 16.3. The van der Waals surface area contributed by atoms with E-state index in [0.717, 1.165) is 17.5 Å². The minimum atomic E-state index is 0.329. The van der Waals surface area contributed by atoms with Crippen molar-refractivity contribution in [1.82, 2.24) is 0 Å². The molecule has 0 aliphatic carbocycles. The number of phenolic OH excluding ortho intramolecular Hbond substituents is 1. The summed E-state index contributed by atoms with van der Waals surface area (Å²) in [4.78, 5) is 0. The van der Waals surface area contributed by atoms with Crippen molar-refractivity contribution in [3.05, 3.63) is 120 Å². The Morgan fingerprint density at radius 3 is 1.57 bits per heavy atom. The summed E-state index contributed by atoms with van der Waals surface area (Å²) in [5, 5.41) is 8.76. The molecule has 28 heavy (non-hydrogen) atoms. The maximum atomic E-state index is 8.76. The van der Waals surface area contributed by atoms with Crippen molar-refractivity contribution < 1.29 is 5.11 Å². The molecule has 0 bridgehead atoms. The second-order valence-electron chi connectivity index (χ2n) is 6.17. The summed E-state index contributed by atoms with van der Waals surface area (Å²) < 4.78 is 0. The summed E-state index contributed by atoms with van der Waals surface area (Å²) in [5.41, 5.74) is 6.01. The number of aryl methyl sites for hydroxylation is 2. The molecule has 0 saturated heterocycles. The van der Waals surface area contributed by atoms with Crippen LogP contribution in [-0.2, 0) is 6.42 Å². The van der Waals surface area contributed by atoms with Crippen LogP contribution in [0.15, 0.2) is 92.5 Å². The van der Waals surface area contributed by atoms with Gasteiger partial charge in [0.15, 0.2) is 0 Å². The van der Waals surface area contributed by atoms with Gasteiger partial charge in [-0.2, -0.15) is 0 Å². The van der Waals surface area contributed by atoms with Crippen molar-refractivity contribution >= 4 is 18.2 Å². The first-order valence-corrected chi connectivity index (χ1v) is 9.35. The number of phenols is 1. The third-order valence-electron chi connectivity index (χ3n) is 4.09. The summed E-state index contributed by atoms with van der Waals surface area (Å²) in [6.45, 7) is 15.2. The third-order valence-corrected chi connectivity index (χ3v) is 4.09. The molecule has 3 aromatic rings. The van der Waals surface area contributed by atoms with Gasteiger partial charge in [0.2, 0.25) is 0 Å². The maximum Gasteiger partial charge on any atom is 0.115 e. The van der Waals surface area contributed by atoms with Gasteiger partial charge >= 0.3 is 0 Å². The van der Waals surface area contributed by atoms with Gasteiger partial charge in [0.1, 0.15) is 5.75 Å². The van der Waals surface area contributed by atoms with Crippen LogP contribution in [0.5, 0.6) is 5.75 Å². The number of benzene rings is 3. The van der Waals surface area contributed by atoms with Crippen LogP contribution in [0.3, 0.4) is 0 Å². The van der Waals surface area contributed by atoms with Gasteiger partial charge in [0, 0.05) is 0 Å². The van der Waals surface area contributed by atoms with E-state index < -0.39 is 0 Å². The Labute approximate surface area is 170 Å². The van der Waals surface area contributed by atoms with Crippen molar-refractivity contribution in [1.29, 1.82) is 0 Å². The molecule has 1 N–H and O–H groups in total. The molecule has 0 aromatic heterocycles. The number of hydrogen-bond donors (Lipinski definition) is 1. The molecule has 0 fully saturated rings. The van der Waals surface area contributed by atoms with Crippen LogP contribution in [0.25, 0.3) is 18.2 Å². The van der Waals surface area contributed by atoms with Crippen molar-refractivity contribution in [2.45, 2.75) is 20.3 Å². The van der Waals surface area contributed by atoms with Gasteiger partial charge in [-0.1, -0.05) is 111 Å². The Kier molecular flexibility index (Phi) is 10.5. The highest BCUT2D eigenvalue weighted by molar-refractivity contribution is 5.63. The van der Waals surface area contributed by atoms with Crippen LogP contribution in [0.1, 0.15) is 34.7 Å². The van der Waals surface area contributed by atoms with E-state index in [0.29, 0.717) is 5.75 Å². The van der Waals surface area contributed by atoms with Crippen LogP contribution < -0.4 is 0 Å². The minimum absolute atomic E-state index is 0.329. The van der Waals surface area contributed by atoms with E-state index in [9.17, 15) is 0 Å². The third kappa shape index (κ3) is 8.37. The highest BCUT2D eigenvalue weighted by Gasteiger charge is 1.89. The molecule has 1 heteroatoms. The van der Waals surface area contributed by atoms with E-state index in [1.165, 1.54) is 16.7 Å². The van der Waals surface area contributed by atoms with Gasteiger partial charge in [-0.05, 0) is 47.7 Å². The van der Waals surface area contributed by atoms with Crippen LogP contribution in [-0.4, -0.2) is 5.11 Å². The SMILES string of the molecule is C=Cc1ccc(CC)cc1.C=Cc1ccccc1C=C.Cc1ccc(O)cc1. The predicted molar refractivity (Wildman–Crippen MR) is 125 cm³/mol. The summed E-state index contributed by atoms with van der Waals surface area (Å²) in [7, 11) is 0. The van der Waals surface area contributed by atoms with E-state index >= 15 is 0 Å². The van der Waals surface area contributed by atoms with E-state index in [2.05, 4.69) is 50.9 Å². The van der Waals surface area contributed by atoms with Crippen molar-refractivity contribution in [2.24, 2.45) is 0 Å². The van der Waals surface area contributed by atoms with E-state index in [1.54, 1.807) is 12.1 Å². The Morgan fingerprint density at radius 1 is 0.714 bits per heavy atom. The molecule has 0 atom stereocenters. The fraction of sp³-hybridized carbons (Fsp3) is 0.111. The lowest BCUT2D eigenvalue weighted by Crippen LogP contribution is -1.78. The van der Waals surface area contributed by atoms with Gasteiger partial charge in [-0.3, -0.25) is 0 Å². The molecule has 0 radical (unpaired) electrons. The fourth-order valence-electron chi connectivity index (χ4n) is 2.32. The standard InChI is InChI=1S/C10H12.C10H10.C7H8O/c1-3-9-5-7-10(4-2)8-6-9;1-3-9-7-5-6-8-10(9)4-2;1-6-2-4-7(8)5-3-6/h3,5-8H,1,4H2,2H3;3-8H,1-2H2;2-5,8H,1H3. The number of aromatic hydroxyl groups is 1. The second-order valence-corrected chi connectivity index (χ2v) is 6.17. The van der Waals surface area contributed by atoms with Crippen LogP contribution in [0.2, 0.25) is 0 Å². The monoisotopic (exact) mass is 370 g/mol. The van der Waals surface area contributed by atoms with Crippen molar-refractivity contribution in [2.75, 3.05) is 0 Å². The molecule has 144 valence electrons. The summed E-state index contributed by atoms with van der Waals surface area (Å²) in [6.07, 6.45) is 6.63. The Bertz CT molecular complexity index is 808. The normalized spacial score (nSPS) is 9.07. The average Bonchev–Trinajstić information content (AvgIpc) is 2.76. The molecular formula is C27H30O. The quantitative estimate of drug-likeness (QED) is 0.502. The van der Waals surface area contributed by atoms with Gasteiger partial charge in [-0.15, -0.1) is 0 Å². The molecule has 0 saturated carbocycles. The number of hydrogen-bond acceptors (Lipinski definition) is 1. The fourth-order valence-corrected chi connectivity index (χ4v) is 2.32. The van der Waals surface area contributed by atoms with Gasteiger partial charge in [0.25, 0.3) is 0 Å². The van der Waals surface area contributed by atoms with Crippen LogP contribution in [0, 0.1) is 6.92 Å². The smallest absolute Gasteiger partial charge is 0.115 e. The Balaban J connectivity index is 0.000000212. The van der Waals surface area contributed by atoms with Crippen molar-refractivity contribution in [3.63, 3.8) is 0 Å². The molecule has 1 nitrogen and oxygen atoms in total. The van der Waals surface area contributed by atoms with Gasteiger partial charge < -0.3 is 5.11 Å². The Hall–Kier alpha value is -3.32. The molecule has 0 amide bonds. The molecule has 0 heterocycles. The second kappa shape index (κ2) is 12.9. The highest BCUT2D eigenvalue weighted by Crippen LogP contribution is 2.10. The zero-order valence-electron chi connectivity index (χ0n) is 16.9. The molecular weight excluding hydrogens is 340 g/mol. The van der Waals surface area contributed by atoms with E-state index in [1.807, 2.05) is 61.5 Å². The largest absolute Gasteiger partial charge is 0.508 e. The summed E-state index contributed by atoms with van der Waals surface area (Å²) in [5.74, 6) is 0.329. The number of rotatable bonds is 4. The minimum Gasteiger partial charge on any atom is -0.508 e. The Morgan fingerprint density at radius 2 is 1.21 bits per heavy atom.